The third-order valence-electron chi connectivity index (χ3n) is 4.09. The highest BCUT2D eigenvalue weighted by Gasteiger charge is 2.22. The highest BCUT2D eigenvalue weighted by atomic mass is 32.2. The van der Waals surface area contributed by atoms with Crippen LogP contribution in [0.3, 0.4) is 0 Å². The van der Waals surface area contributed by atoms with Crippen molar-refractivity contribution in [2.75, 3.05) is 19.6 Å². The molecule has 1 fully saturated rings. The highest BCUT2D eigenvalue weighted by Crippen LogP contribution is 2.17. The molecule has 122 valence electrons. The van der Waals surface area contributed by atoms with E-state index in [1.54, 1.807) is 6.92 Å². The molecule has 1 aromatic rings. The predicted octanol–water partition coefficient (Wildman–Crippen LogP) is 1.67. The van der Waals surface area contributed by atoms with E-state index in [0.29, 0.717) is 12.5 Å². The van der Waals surface area contributed by atoms with Gasteiger partial charge in [-0.3, -0.25) is 4.79 Å². The fourth-order valence-corrected chi connectivity index (χ4v) is 3.98. The van der Waals surface area contributed by atoms with E-state index < -0.39 is 10.0 Å². The van der Waals surface area contributed by atoms with Crippen LogP contribution in [0.15, 0.2) is 24.3 Å². The Kier molecular flexibility index (Phi) is 5.58. The van der Waals surface area contributed by atoms with Crippen molar-refractivity contribution < 1.29 is 13.2 Å². The van der Waals surface area contributed by atoms with Crippen LogP contribution in [0.1, 0.15) is 30.9 Å². The van der Waals surface area contributed by atoms with E-state index >= 15 is 0 Å². The zero-order valence-electron chi connectivity index (χ0n) is 13.2. The van der Waals surface area contributed by atoms with Gasteiger partial charge in [-0.2, -0.15) is 0 Å². The maximum absolute atomic E-state index is 12.2. The molecule has 0 aromatic heterocycles. The SMILES string of the molecule is CC(=O)N1CCC(CNS(=O)(=O)Cc2cccc(C)c2)CC1. The fraction of sp³-hybridized carbons (Fsp3) is 0.562. The quantitative estimate of drug-likeness (QED) is 0.896. The van der Waals surface area contributed by atoms with Gasteiger partial charge in [0.1, 0.15) is 0 Å². The van der Waals surface area contributed by atoms with E-state index in [1.165, 1.54) is 0 Å². The molecular weight excluding hydrogens is 300 g/mol. The molecule has 1 amide bonds. The van der Waals surface area contributed by atoms with E-state index in [4.69, 9.17) is 0 Å². The van der Waals surface area contributed by atoms with Crippen LogP contribution >= 0.6 is 0 Å². The minimum Gasteiger partial charge on any atom is -0.343 e. The first kappa shape index (κ1) is 17.0. The number of hydrogen-bond donors (Lipinski definition) is 1. The summed E-state index contributed by atoms with van der Waals surface area (Å²) in [6.07, 6.45) is 1.71. The molecular formula is C16H24N2O3S. The monoisotopic (exact) mass is 324 g/mol. The zero-order valence-corrected chi connectivity index (χ0v) is 14.0. The predicted molar refractivity (Wildman–Crippen MR) is 86.8 cm³/mol. The van der Waals surface area contributed by atoms with Gasteiger partial charge in [0.15, 0.2) is 0 Å². The second kappa shape index (κ2) is 7.24. The lowest BCUT2D eigenvalue weighted by Crippen LogP contribution is -2.40. The molecule has 0 spiro atoms. The molecule has 0 aliphatic carbocycles. The number of nitrogens with one attached hydrogen (secondary N) is 1. The summed E-state index contributed by atoms with van der Waals surface area (Å²) in [5, 5.41) is 0. The van der Waals surface area contributed by atoms with Crippen LogP contribution in [0.5, 0.6) is 0 Å². The molecule has 5 nitrogen and oxygen atoms in total. The Morgan fingerprint density at radius 3 is 2.59 bits per heavy atom. The Morgan fingerprint density at radius 2 is 2.00 bits per heavy atom. The van der Waals surface area contributed by atoms with Gasteiger partial charge in [0.25, 0.3) is 0 Å². The number of benzene rings is 1. The number of aryl methyl sites for hydroxylation is 1. The molecule has 22 heavy (non-hydrogen) atoms. The summed E-state index contributed by atoms with van der Waals surface area (Å²) in [5.74, 6) is 0.419. The van der Waals surface area contributed by atoms with Crippen molar-refractivity contribution in [3.63, 3.8) is 0 Å². The highest BCUT2D eigenvalue weighted by molar-refractivity contribution is 7.88. The summed E-state index contributed by atoms with van der Waals surface area (Å²) >= 11 is 0. The van der Waals surface area contributed by atoms with Crippen LogP contribution in [0.4, 0.5) is 0 Å². The molecule has 1 aliphatic rings. The van der Waals surface area contributed by atoms with Gasteiger partial charge in [0, 0.05) is 26.6 Å². The van der Waals surface area contributed by atoms with E-state index in [1.807, 2.05) is 36.1 Å². The van der Waals surface area contributed by atoms with Crippen molar-refractivity contribution in [3.05, 3.63) is 35.4 Å². The number of carbonyl (C=O) groups excluding carboxylic acids is 1. The van der Waals surface area contributed by atoms with Gasteiger partial charge in [-0.25, -0.2) is 13.1 Å². The molecule has 1 saturated heterocycles. The number of sulfonamides is 1. The molecule has 0 radical (unpaired) electrons. The van der Waals surface area contributed by atoms with Gasteiger partial charge < -0.3 is 4.90 Å². The second-order valence-corrected chi connectivity index (χ2v) is 7.85. The minimum atomic E-state index is -3.31. The maximum Gasteiger partial charge on any atom is 0.219 e. The number of rotatable bonds is 5. The van der Waals surface area contributed by atoms with Gasteiger partial charge in [0.05, 0.1) is 5.75 Å². The second-order valence-electron chi connectivity index (χ2n) is 6.05. The van der Waals surface area contributed by atoms with E-state index in [9.17, 15) is 13.2 Å². The van der Waals surface area contributed by atoms with Crippen molar-refractivity contribution >= 4 is 15.9 Å². The topological polar surface area (TPSA) is 66.5 Å². The summed E-state index contributed by atoms with van der Waals surface area (Å²) in [4.78, 5) is 13.1. The Labute approximate surface area is 132 Å². The fourth-order valence-electron chi connectivity index (χ4n) is 2.77. The summed E-state index contributed by atoms with van der Waals surface area (Å²) in [7, 11) is -3.31. The lowest BCUT2D eigenvalue weighted by molar-refractivity contribution is -0.130. The van der Waals surface area contributed by atoms with Crippen LogP contribution in [-0.4, -0.2) is 38.9 Å². The smallest absolute Gasteiger partial charge is 0.219 e. The molecule has 0 unspecified atom stereocenters. The molecule has 0 atom stereocenters. The Morgan fingerprint density at radius 1 is 1.32 bits per heavy atom. The minimum absolute atomic E-state index is 0.0149. The van der Waals surface area contributed by atoms with Gasteiger partial charge in [-0.05, 0) is 31.2 Å². The van der Waals surface area contributed by atoms with Crippen LogP contribution in [0, 0.1) is 12.8 Å². The van der Waals surface area contributed by atoms with E-state index in [-0.39, 0.29) is 11.7 Å². The lowest BCUT2D eigenvalue weighted by atomic mass is 9.97. The third-order valence-corrected chi connectivity index (χ3v) is 5.41. The van der Waals surface area contributed by atoms with Crippen LogP contribution in [-0.2, 0) is 20.6 Å². The maximum atomic E-state index is 12.2. The van der Waals surface area contributed by atoms with Crippen LogP contribution < -0.4 is 4.72 Å². The Balaban J connectivity index is 1.82. The van der Waals surface area contributed by atoms with Crippen molar-refractivity contribution in [2.45, 2.75) is 32.4 Å². The molecule has 1 N–H and O–H groups in total. The number of amides is 1. The molecule has 0 saturated carbocycles. The summed E-state index contributed by atoms with van der Waals surface area (Å²) in [5.41, 5.74) is 1.86. The Bertz CT molecular complexity index is 620. The normalized spacial score (nSPS) is 16.7. The zero-order chi connectivity index (χ0) is 16.2. The van der Waals surface area contributed by atoms with Crippen molar-refractivity contribution in [1.29, 1.82) is 0 Å². The number of piperidine rings is 1. The first-order chi connectivity index (χ1) is 10.4. The number of carbonyl (C=O) groups is 1. The van der Waals surface area contributed by atoms with E-state index in [2.05, 4.69) is 4.72 Å². The first-order valence-electron chi connectivity index (χ1n) is 7.64. The van der Waals surface area contributed by atoms with Gasteiger partial charge >= 0.3 is 0 Å². The average molecular weight is 324 g/mol. The van der Waals surface area contributed by atoms with Crippen molar-refractivity contribution in [3.8, 4) is 0 Å². The van der Waals surface area contributed by atoms with Gasteiger partial charge in [0.2, 0.25) is 15.9 Å². The summed E-state index contributed by atoms with van der Waals surface area (Å²) in [6.45, 7) is 5.43. The van der Waals surface area contributed by atoms with Crippen LogP contribution in [0.2, 0.25) is 0 Å². The number of hydrogen-bond acceptors (Lipinski definition) is 3. The van der Waals surface area contributed by atoms with Gasteiger partial charge in [-0.1, -0.05) is 29.8 Å². The third kappa shape index (κ3) is 5.10. The molecule has 0 bridgehead atoms. The van der Waals surface area contributed by atoms with Gasteiger partial charge in [-0.15, -0.1) is 0 Å². The molecule has 1 heterocycles. The molecule has 6 heteroatoms. The number of likely N-dealkylation sites (tertiary alicyclic amines) is 1. The average Bonchev–Trinajstić information content (AvgIpc) is 2.45. The summed E-state index contributed by atoms with van der Waals surface area (Å²) in [6, 6.07) is 7.55. The molecule has 1 aliphatic heterocycles. The van der Waals surface area contributed by atoms with E-state index in [0.717, 1.165) is 37.1 Å². The van der Waals surface area contributed by atoms with Crippen molar-refractivity contribution in [1.82, 2.24) is 9.62 Å². The lowest BCUT2D eigenvalue weighted by Gasteiger charge is -2.31. The molecule has 1 aromatic carbocycles. The number of nitrogens with zero attached hydrogens (tertiary/aromatic N) is 1. The standard InChI is InChI=1S/C16H24N2O3S/c1-13-4-3-5-16(10-13)12-22(20,21)17-11-15-6-8-18(9-7-15)14(2)19/h3-5,10,15,17H,6-9,11-12H2,1-2H3. The Hall–Kier alpha value is -1.40. The largest absolute Gasteiger partial charge is 0.343 e. The first-order valence-corrected chi connectivity index (χ1v) is 9.29. The molecule has 2 rings (SSSR count). The summed E-state index contributed by atoms with van der Waals surface area (Å²) < 4.78 is 27.0. The van der Waals surface area contributed by atoms with Crippen LogP contribution in [0.25, 0.3) is 0 Å². The van der Waals surface area contributed by atoms with Crippen molar-refractivity contribution in [2.24, 2.45) is 5.92 Å².